The number of ether oxygens (including phenoxy) is 2. The highest BCUT2D eigenvalue weighted by atomic mass is 16.6. The molecule has 5 nitrogen and oxygen atoms in total. The minimum absolute atomic E-state index is 0.0666. The van der Waals surface area contributed by atoms with Gasteiger partial charge >= 0.3 is 11.9 Å². The Morgan fingerprint density at radius 2 is 0.702 bits per heavy atom. The predicted octanol–water partition coefficient (Wildman–Crippen LogP) is 16.6. The van der Waals surface area contributed by atoms with Crippen LogP contribution in [0.4, 0.5) is 0 Å². The molecule has 0 aliphatic rings. The highest BCUT2D eigenvalue weighted by Gasteiger charge is 2.16. The summed E-state index contributed by atoms with van der Waals surface area (Å²) in [6.45, 7) is 4.15. The minimum atomic E-state index is -0.775. The zero-order valence-corrected chi connectivity index (χ0v) is 38.4. The topological polar surface area (TPSA) is 72.8 Å². The van der Waals surface area contributed by atoms with Crippen molar-refractivity contribution >= 4 is 11.9 Å². The summed E-state index contributed by atoms with van der Waals surface area (Å²) in [5.41, 5.74) is 0. The van der Waals surface area contributed by atoms with Crippen molar-refractivity contribution in [3.63, 3.8) is 0 Å². The quantitative estimate of drug-likeness (QED) is 0.0377. The lowest BCUT2D eigenvalue weighted by Gasteiger charge is -2.15. The third-order valence-corrected chi connectivity index (χ3v) is 11.5. The van der Waals surface area contributed by atoms with Crippen LogP contribution in [0, 0.1) is 0 Å². The molecular weight excluding hydrogens is 705 g/mol. The fraction of sp³-hybridized carbons (Fsp3) is 0.885. The molecule has 0 spiro atoms. The standard InChI is InChI=1S/C52H98O5/c1-3-5-7-9-11-13-15-17-19-21-22-23-24-25-26-27-28-29-30-31-33-34-36-38-40-42-44-46-51(54)56-49-50(48-53)57-52(55)47-45-43-41-39-37-35-32-20-18-16-14-12-10-8-6-4-2/h14,16,20,32,50,53H,3-13,15,17-19,21-31,33-49H2,1-2H3/b16-14-,32-20-. The second kappa shape index (κ2) is 48.7. The van der Waals surface area contributed by atoms with Gasteiger partial charge in [-0.15, -0.1) is 0 Å². The van der Waals surface area contributed by atoms with Crippen LogP contribution in [0.15, 0.2) is 24.3 Å². The van der Waals surface area contributed by atoms with Gasteiger partial charge in [0.2, 0.25) is 0 Å². The molecule has 0 aliphatic heterocycles. The Balaban J connectivity index is 3.44. The summed E-state index contributed by atoms with van der Waals surface area (Å²) in [6.07, 6.45) is 60.0. The largest absolute Gasteiger partial charge is 0.462 e. The Morgan fingerprint density at radius 3 is 1.05 bits per heavy atom. The number of unbranched alkanes of at least 4 members (excludes halogenated alkanes) is 35. The first-order chi connectivity index (χ1) is 28.1. The maximum absolute atomic E-state index is 12.2. The SMILES string of the molecule is CCCCCC/C=C\C/C=C\CCCCCCCC(=O)OC(CO)COC(=O)CCCCCCCCCCCCCCCCCCCCCCCCCCCCC. The van der Waals surface area contributed by atoms with Gasteiger partial charge in [0.05, 0.1) is 6.61 Å². The van der Waals surface area contributed by atoms with Gasteiger partial charge in [-0.05, 0) is 44.9 Å². The summed E-state index contributed by atoms with van der Waals surface area (Å²) in [6, 6.07) is 0. The van der Waals surface area contributed by atoms with Crippen LogP contribution in [-0.2, 0) is 19.1 Å². The molecule has 1 atom stereocenters. The summed E-state index contributed by atoms with van der Waals surface area (Å²) in [5, 5.41) is 9.60. The number of carbonyl (C=O) groups is 2. The molecule has 0 saturated carbocycles. The lowest BCUT2D eigenvalue weighted by molar-refractivity contribution is -0.161. The van der Waals surface area contributed by atoms with Crippen molar-refractivity contribution in [1.82, 2.24) is 0 Å². The maximum atomic E-state index is 12.2. The second-order valence-electron chi connectivity index (χ2n) is 17.3. The Labute approximate surface area is 355 Å². The zero-order chi connectivity index (χ0) is 41.4. The van der Waals surface area contributed by atoms with Crippen LogP contribution in [0.5, 0.6) is 0 Å². The van der Waals surface area contributed by atoms with E-state index in [2.05, 4.69) is 38.2 Å². The number of aliphatic hydroxyl groups is 1. The number of allylic oxidation sites excluding steroid dienone is 4. The minimum Gasteiger partial charge on any atom is -0.462 e. The normalized spacial score (nSPS) is 12.3. The summed E-state index contributed by atoms with van der Waals surface area (Å²) in [5.74, 6) is -0.592. The molecule has 0 amide bonds. The molecule has 0 rings (SSSR count). The molecule has 0 aromatic heterocycles. The summed E-state index contributed by atoms with van der Waals surface area (Å²) in [4.78, 5) is 24.4. The molecule has 0 fully saturated rings. The van der Waals surface area contributed by atoms with Gasteiger partial charge in [0.15, 0.2) is 6.10 Å². The number of esters is 2. The van der Waals surface area contributed by atoms with Gasteiger partial charge in [0.25, 0.3) is 0 Å². The Morgan fingerprint density at radius 1 is 0.404 bits per heavy atom. The molecule has 1 unspecified atom stereocenters. The van der Waals surface area contributed by atoms with E-state index in [4.69, 9.17) is 9.47 Å². The molecule has 0 saturated heterocycles. The van der Waals surface area contributed by atoms with E-state index in [0.29, 0.717) is 12.8 Å². The number of aliphatic hydroxyl groups excluding tert-OH is 1. The third kappa shape index (κ3) is 46.9. The molecule has 0 aromatic rings. The van der Waals surface area contributed by atoms with Crippen LogP contribution < -0.4 is 0 Å². The van der Waals surface area contributed by atoms with Crippen LogP contribution in [-0.4, -0.2) is 36.4 Å². The van der Waals surface area contributed by atoms with Crippen molar-refractivity contribution in [2.24, 2.45) is 0 Å². The summed E-state index contributed by atoms with van der Waals surface area (Å²) in [7, 11) is 0. The van der Waals surface area contributed by atoms with Crippen LogP contribution in [0.2, 0.25) is 0 Å². The van der Waals surface area contributed by atoms with Gasteiger partial charge in [-0.1, -0.05) is 244 Å². The molecule has 0 bridgehead atoms. The van der Waals surface area contributed by atoms with Crippen LogP contribution in [0.25, 0.3) is 0 Å². The van der Waals surface area contributed by atoms with Crippen molar-refractivity contribution in [2.75, 3.05) is 13.2 Å². The van der Waals surface area contributed by atoms with Crippen LogP contribution in [0.1, 0.15) is 277 Å². The predicted molar refractivity (Wildman–Crippen MR) is 247 cm³/mol. The first-order valence-electron chi connectivity index (χ1n) is 25.4. The zero-order valence-electron chi connectivity index (χ0n) is 38.4. The van der Waals surface area contributed by atoms with Crippen LogP contribution >= 0.6 is 0 Å². The van der Waals surface area contributed by atoms with E-state index in [1.54, 1.807) is 0 Å². The average molecular weight is 803 g/mol. The van der Waals surface area contributed by atoms with E-state index >= 15 is 0 Å². The number of hydrogen-bond donors (Lipinski definition) is 1. The Hall–Kier alpha value is -1.62. The Kier molecular flexibility index (Phi) is 47.4. The fourth-order valence-corrected chi connectivity index (χ4v) is 7.65. The molecule has 1 N–H and O–H groups in total. The van der Waals surface area contributed by atoms with E-state index < -0.39 is 6.10 Å². The number of hydrogen-bond acceptors (Lipinski definition) is 5. The van der Waals surface area contributed by atoms with E-state index in [9.17, 15) is 14.7 Å². The first-order valence-corrected chi connectivity index (χ1v) is 25.4. The number of rotatable bonds is 47. The fourth-order valence-electron chi connectivity index (χ4n) is 7.65. The van der Waals surface area contributed by atoms with E-state index in [1.807, 2.05) is 0 Å². The first kappa shape index (κ1) is 55.4. The molecule has 57 heavy (non-hydrogen) atoms. The lowest BCUT2D eigenvalue weighted by Crippen LogP contribution is -2.28. The summed E-state index contributed by atoms with van der Waals surface area (Å²) < 4.78 is 10.7. The smallest absolute Gasteiger partial charge is 0.306 e. The van der Waals surface area contributed by atoms with Gasteiger partial charge in [-0.3, -0.25) is 9.59 Å². The van der Waals surface area contributed by atoms with Gasteiger partial charge in [-0.2, -0.15) is 0 Å². The van der Waals surface area contributed by atoms with Gasteiger partial charge in [-0.25, -0.2) is 0 Å². The van der Waals surface area contributed by atoms with Crippen LogP contribution in [0.3, 0.4) is 0 Å². The van der Waals surface area contributed by atoms with E-state index in [0.717, 1.165) is 51.4 Å². The number of carbonyl (C=O) groups excluding carboxylic acids is 2. The molecule has 0 heterocycles. The lowest BCUT2D eigenvalue weighted by atomic mass is 10.0. The van der Waals surface area contributed by atoms with Crippen molar-refractivity contribution in [3.8, 4) is 0 Å². The van der Waals surface area contributed by atoms with Gasteiger partial charge in [0.1, 0.15) is 6.61 Å². The molecule has 0 radical (unpaired) electrons. The third-order valence-electron chi connectivity index (χ3n) is 11.5. The summed E-state index contributed by atoms with van der Waals surface area (Å²) >= 11 is 0. The van der Waals surface area contributed by atoms with Crippen molar-refractivity contribution in [2.45, 2.75) is 283 Å². The molecular formula is C52H98O5. The Bertz CT molecular complexity index is 867. The molecule has 0 aromatic carbocycles. The monoisotopic (exact) mass is 803 g/mol. The highest BCUT2D eigenvalue weighted by molar-refractivity contribution is 5.70. The van der Waals surface area contributed by atoms with Gasteiger partial charge in [0, 0.05) is 12.8 Å². The van der Waals surface area contributed by atoms with E-state index in [1.165, 1.54) is 199 Å². The molecule has 336 valence electrons. The highest BCUT2D eigenvalue weighted by Crippen LogP contribution is 2.17. The molecule has 0 aliphatic carbocycles. The van der Waals surface area contributed by atoms with Gasteiger partial charge < -0.3 is 14.6 Å². The average Bonchev–Trinajstić information content (AvgIpc) is 3.21. The van der Waals surface area contributed by atoms with Crippen molar-refractivity contribution in [3.05, 3.63) is 24.3 Å². The van der Waals surface area contributed by atoms with E-state index in [-0.39, 0.29) is 25.2 Å². The second-order valence-corrected chi connectivity index (χ2v) is 17.3. The molecule has 5 heteroatoms. The van der Waals surface area contributed by atoms with Crippen molar-refractivity contribution < 1.29 is 24.2 Å². The van der Waals surface area contributed by atoms with Crippen molar-refractivity contribution in [1.29, 1.82) is 0 Å². The maximum Gasteiger partial charge on any atom is 0.306 e.